The monoisotopic (exact) mass is 526 g/mol. The Bertz CT molecular complexity index is 1270. The van der Waals surface area contributed by atoms with Crippen molar-refractivity contribution in [2.75, 3.05) is 26.7 Å². The minimum atomic E-state index is -0.190. The molecule has 2 aromatic heterocycles. The SMILES string of the molecule is COc1ccc(Cc2nnc(SC)[nH]c2=O)cc1.COc1ccc(Cc2nnc(SC)[nH]c2=O)cc1. The Hall–Kier alpha value is -3.64. The van der Waals surface area contributed by atoms with E-state index in [0.29, 0.717) is 34.5 Å². The predicted molar refractivity (Wildman–Crippen MR) is 140 cm³/mol. The number of methoxy groups -OCH3 is 2. The topological polar surface area (TPSA) is 136 Å². The second kappa shape index (κ2) is 13.4. The molecule has 4 aromatic rings. The zero-order valence-corrected chi connectivity index (χ0v) is 21.9. The Balaban J connectivity index is 0.000000201. The van der Waals surface area contributed by atoms with Gasteiger partial charge in [0, 0.05) is 12.8 Å². The van der Waals surface area contributed by atoms with Crippen LogP contribution in [0.5, 0.6) is 11.5 Å². The van der Waals surface area contributed by atoms with Crippen molar-refractivity contribution >= 4 is 23.5 Å². The van der Waals surface area contributed by atoms with E-state index in [9.17, 15) is 9.59 Å². The highest BCUT2D eigenvalue weighted by Gasteiger charge is 2.07. The Labute approximate surface area is 216 Å². The predicted octanol–water partition coefficient (Wildman–Crippen LogP) is 2.97. The molecule has 2 heterocycles. The van der Waals surface area contributed by atoms with Gasteiger partial charge in [0.15, 0.2) is 10.3 Å². The van der Waals surface area contributed by atoms with Crippen LogP contribution in [0, 0.1) is 0 Å². The molecule has 10 nitrogen and oxygen atoms in total. The first kappa shape index (κ1) is 27.0. The number of H-pyrrole nitrogens is 2. The van der Waals surface area contributed by atoms with E-state index in [1.54, 1.807) is 14.2 Å². The largest absolute Gasteiger partial charge is 0.497 e. The van der Waals surface area contributed by atoms with E-state index in [0.717, 1.165) is 22.6 Å². The molecular formula is C24H26N6O4S2. The molecule has 0 amide bonds. The maximum absolute atomic E-state index is 11.7. The van der Waals surface area contributed by atoms with Crippen LogP contribution in [0.25, 0.3) is 0 Å². The fourth-order valence-electron chi connectivity index (χ4n) is 2.98. The third kappa shape index (κ3) is 7.68. The molecule has 0 aliphatic heterocycles. The summed E-state index contributed by atoms with van der Waals surface area (Å²) in [5, 5.41) is 16.8. The summed E-state index contributed by atoms with van der Waals surface area (Å²) >= 11 is 2.71. The molecule has 0 unspecified atom stereocenters. The van der Waals surface area contributed by atoms with Crippen molar-refractivity contribution in [2.24, 2.45) is 0 Å². The molecule has 12 heteroatoms. The Kier molecular flexibility index (Phi) is 10.1. The van der Waals surface area contributed by atoms with Crippen LogP contribution in [-0.2, 0) is 12.8 Å². The lowest BCUT2D eigenvalue weighted by molar-refractivity contribution is 0.414. The Morgan fingerprint density at radius 1 is 0.639 bits per heavy atom. The molecule has 0 fully saturated rings. The van der Waals surface area contributed by atoms with Gasteiger partial charge in [0.2, 0.25) is 0 Å². The van der Waals surface area contributed by atoms with Crippen LogP contribution >= 0.6 is 23.5 Å². The first-order valence-corrected chi connectivity index (χ1v) is 13.2. The van der Waals surface area contributed by atoms with E-state index in [4.69, 9.17) is 9.47 Å². The number of nitrogens with one attached hydrogen (secondary N) is 2. The van der Waals surface area contributed by atoms with Gasteiger partial charge in [0.25, 0.3) is 11.1 Å². The van der Waals surface area contributed by atoms with Crippen molar-refractivity contribution in [2.45, 2.75) is 23.2 Å². The van der Waals surface area contributed by atoms with Gasteiger partial charge in [-0.3, -0.25) is 19.6 Å². The maximum Gasteiger partial charge on any atom is 0.273 e. The van der Waals surface area contributed by atoms with Gasteiger partial charge >= 0.3 is 0 Å². The van der Waals surface area contributed by atoms with Crippen LogP contribution in [0.15, 0.2) is 68.4 Å². The first-order chi connectivity index (χ1) is 17.4. The van der Waals surface area contributed by atoms with Gasteiger partial charge in [-0.2, -0.15) is 0 Å². The molecular weight excluding hydrogens is 500 g/mol. The summed E-state index contributed by atoms with van der Waals surface area (Å²) in [5.74, 6) is 1.58. The standard InChI is InChI=1S/2C12H13N3O2S/c2*1-17-9-5-3-8(4-6-9)7-10-11(16)13-12(18-2)15-14-10/h2*3-6H,7H2,1-2H3,(H,13,15,16). The van der Waals surface area contributed by atoms with Crippen LogP contribution in [0.4, 0.5) is 0 Å². The number of aromatic nitrogens is 6. The molecule has 0 radical (unpaired) electrons. The maximum atomic E-state index is 11.7. The number of aromatic amines is 2. The van der Waals surface area contributed by atoms with E-state index >= 15 is 0 Å². The van der Waals surface area contributed by atoms with Crippen molar-refractivity contribution in [3.8, 4) is 11.5 Å². The summed E-state index contributed by atoms with van der Waals surface area (Å²) in [5.41, 5.74) is 2.44. The number of ether oxygens (including phenoxy) is 2. The van der Waals surface area contributed by atoms with Gasteiger partial charge < -0.3 is 9.47 Å². The summed E-state index contributed by atoms with van der Waals surface area (Å²) < 4.78 is 10.1. The highest BCUT2D eigenvalue weighted by molar-refractivity contribution is 7.98. The van der Waals surface area contributed by atoms with E-state index in [1.165, 1.54) is 23.5 Å². The first-order valence-electron chi connectivity index (χ1n) is 10.7. The fraction of sp³-hybridized carbons (Fsp3) is 0.250. The molecule has 0 aliphatic carbocycles. The molecule has 188 valence electrons. The molecule has 0 saturated carbocycles. The second-order valence-corrected chi connectivity index (χ2v) is 8.86. The number of hydrogen-bond donors (Lipinski definition) is 2. The van der Waals surface area contributed by atoms with Gasteiger partial charge in [-0.15, -0.1) is 20.4 Å². The zero-order chi connectivity index (χ0) is 25.9. The minimum absolute atomic E-state index is 0.190. The average molecular weight is 527 g/mol. The van der Waals surface area contributed by atoms with Crippen LogP contribution in [0.2, 0.25) is 0 Å². The number of thioether (sulfide) groups is 2. The van der Waals surface area contributed by atoms with E-state index < -0.39 is 0 Å². The highest BCUT2D eigenvalue weighted by atomic mass is 32.2. The smallest absolute Gasteiger partial charge is 0.273 e. The summed E-state index contributed by atoms with van der Waals surface area (Å²) in [6.07, 6.45) is 4.59. The molecule has 4 rings (SSSR count). The van der Waals surface area contributed by atoms with Crippen molar-refractivity contribution in [1.29, 1.82) is 0 Å². The van der Waals surface area contributed by atoms with E-state index in [-0.39, 0.29) is 11.1 Å². The number of nitrogens with zero attached hydrogens (tertiary/aromatic N) is 4. The molecule has 2 aromatic carbocycles. The highest BCUT2D eigenvalue weighted by Crippen LogP contribution is 2.14. The third-order valence-electron chi connectivity index (χ3n) is 4.94. The normalized spacial score (nSPS) is 10.3. The molecule has 2 N–H and O–H groups in total. The Morgan fingerprint density at radius 3 is 1.28 bits per heavy atom. The van der Waals surface area contributed by atoms with Gasteiger partial charge in [-0.05, 0) is 47.9 Å². The van der Waals surface area contributed by atoms with Crippen LogP contribution in [0.1, 0.15) is 22.5 Å². The lowest BCUT2D eigenvalue weighted by atomic mass is 10.1. The molecule has 0 atom stereocenters. The quantitative estimate of drug-likeness (QED) is 0.330. The summed E-state index contributed by atoms with van der Waals surface area (Å²) in [4.78, 5) is 28.8. The number of benzene rings is 2. The van der Waals surface area contributed by atoms with Crippen LogP contribution in [-0.4, -0.2) is 57.1 Å². The molecule has 0 bridgehead atoms. The van der Waals surface area contributed by atoms with Gasteiger partial charge in [0.1, 0.15) is 22.9 Å². The molecule has 0 spiro atoms. The van der Waals surface area contributed by atoms with Crippen molar-refractivity contribution in [1.82, 2.24) is 30.4 Å². The van der Waals surface area contributed by atoms with E-state index in [1.807, 2.05) is 61.0 Å². The summed E-state index contributed by atoms with van der Waals surface area (Å²) in [6, 6.07) is 15.0. The Morgan fingerprint density at radius 2 is 1.00 bits per heavy atom. The minimum Gasteiger partial charge on any atom is -0.497 e. The van der Waals surface area contributed by atoms with E-state index in [2.05, 4.69) is 30.4 Å². The van der Waals surface area contributed by atoms with Gasteiger partial charge in [0.05, 0.1) is 14.2 Å². The lowest BCUT2D eigenvalue weighted by Gasteiger charge is -2.02. The number of rotatable bonds is 8. The molecule has 0 saturated heterocycles. The summed E-state index contributed by atoms with van der Waals surface area (Å²) in [6.45, 7) is 0. The lowest BCUT2D eigenvalue weighted by Crippen LogP contribution is -2.17. The van der Waals surface area contributed by atoms with Crippen molar-refractivity contribution in [3.63, 3.8) is 0 Å². The molecule has 0 aliphatic rings. The third-order valence-corrected chi connectivity index (χ3v) is 6.08. The van der Waals surface area contributed by atoms with Crippen LogP contribution < -0.4 is 20.6 Å². The van der Waals surface area contributed by atoms with Crippen LogP contribution in [0.3, 0.4) is 0 Å². The van der Waals surface area contributed by atoms with Gasteiger partial charge in [-0.25, -0.2) is 0 Å². The zero-order valence-electron chi connectivity index (χ0n) is 20.3. The van der Waals surface area contributed by atoms with Gasteiger partial charge in [-0.1, -0.05) is 47.8 Å². The second-order valence-electron chi connectivity index (χ2n) is 7.27. The average Bonchev–Trinajstić information content (AvgIpc) is 2.92. The summed E-state index contributed by atoms with van der Waals surface area (Å²) in [7, 11) is 3.23. The number of hydrogen-bond acceptors (Lipinski definition) is 10. The van der Waals surface area contributed by atoms with Crippen molar-refractivity contribution in [3.05, 3.63) is 91.8 Å². The molecule has 36 heavy (non-hydrogen) atoms. The fourth-order valence-corrected chi connectivity index (χ4v) is 3.61. The van der Waals surface area contributed by atoms with Crippen molar-refractivity contribution < 1.29 is 9.47 Å².